The minimum absolute atomic E-state index is 0.000999. The number of hydrogen-bond donors (Lipinski definition) is 1. The van der Waals surface area contributed by atoms with Gasteiger partial charge in [-0.05, 0) is 30.9 Å². The van der Waals surface area contributed by atoms with Gasteiger partial charge in [0.05, 0.1) is 18.9 Å². The Bertz CT molecular complexity index is 997. The Morgan fingerprint density at radius 1 is 1.22 bits per heavy atom. The molecule has 0 aromatic carbocycles. The molecule has 8 heteroatoms. The van der Waals surface area contributed by atoms with Crippen LogP contribution >= 0.6 is 0 Å². The van der Waals surface area contributed by atoms with E-state index in [9.17, 15) is 13.6 Å². The number of piperidine rings is 1. The van der Waals surface area contributed by atoms with Crippen molar-refractivity contribution in [3.05, 3.63) is 53.5 Å². The summed E-state index contributed by atoms with van der Waals surface area (Å²) in [7, 11) is 1.32. The van der Waals surface area contributed by atoms with Gasteiger partial charge in [0.2, 0.25) is 5.88 Å². The van der Waals surface area contributed by atoms with Gasteiger partial charge < -0.3 is 14.6 Å². The summed E-state index contributed by atoms with van der Waals surface area (Å²) in [4.78, 5) is 25.1. The number of methoxy groups -OCH3 is 1. The number of amides is 1. The number of ether oxygens (including phenoxy) is 1. The first-order valence-corrected chi connectivity index (χ1v) is 8.68. The summed E-state index contributed by atoms with van der Waals surface area (Å²) in [6.07, 6.45) is 5.53. The third-order valence-corrected chi connectivity index (χ3v) is 5.02. The van der Waals surface area contributed by atoms with Crippen molar-refractivity contribution in [1.82, 2.24) is 19.9 Å². The summed E-state index contributed by atoms with van der Waals surface area (Å²) in [5.74, 6) is -1.43. The molecule has 1 aliphatic rings. The predicted octanol–water partition coefficient (Wildman–Crippen LogP) is 3.26. The number of hydrogen-bond acceptors (Lipinski definition) is 4. The van der Waals surface area contributed by atoms with Crippen molar-refractivity contribution >= 4 is 16.9 Å². The normalized spacial score (nSPS) is 15.3. The molecule has 0 bridgehead atoms. The van der Waals surface area contributed by atoms with E-state index in [0.717, 1.165) is 11.5 Å². The lowest BCUT2D eigenvalue weighted by atomic mass is 9.87. The number of rotatable bonds is 3. The maximum atomic E-state index is 14.4. The van der Waals surface area contributed by atoms with Gasteiger partial charge in [-0.25, -0.2) is 18.7 Å². The highest BCUT2D eigenvalue weighted by Crippen LogP contribution is 2.34. The van der Waals surface area contributed by atoms with Crippen molar-refractivity contribution in [2.45, 2.75) is 18.8 Å². The number of nitrogens with zero attached hydrogens (tertiary/aromatic N) is 3. The molecule has 1 N–H and O–H groups in total. The lowest BCUT2D eigenvalue weighted by molar-refractivity contribution is 0.0711. The van der Waals surface area contributed by atoms with E-state index < -0.39 is 5.82 Å². The van der Waals surface area contributed by atoms with Gasteiger partial charge in [0.25, 0.3) is 5.91 Å². The molecule has 3 aromatic heterocycles. The van der Waals surface area contributed by atoms with Crippen LogP contribution in [0.25, 0.3) is 11.0 Å². The minimum Gasteiger partial charge on any atom is -0.479 e. The van der Waals surface area contributed by atoms with E-state index in [-0.39, 0.29) is 29.1 Å². The molecular formula is C19H18F2N4O2. The van der Waals surface area contributed by atoms with Gasteiger partial charge in [-0.15, -0.1) is 0 Å². The fraction of sp³-hybridized carbons (Fsp3) is 0.316. The van der Waals surface area contributed by atoms with Crippen LogP contribution in [0, 0.1) is 11.6 Å². The highest BCUT2D eigenvalue weighted by molar-refractivity contribution is 5.94. The monoisotopic (exact) mass is 372 g/mol. The maximum absolute atomic E-state index is 14.4. The number of fused-ring (bicyclic) bond motifs is 1. The van der Waals surface area contributed by atoms with E-state index >= 15 is 0 Å². The summed E-state index contributed by atoms with van der Waals surface area (Å²) in [5.41, 5.74) is 1.48. The second kappa shape index (κ2) is 6.94. The summed E-state index contributed by atoms with van der Waals surface area (Å²) < 4.78 is 33.0. The van der Waals surface area contributed by atoms with E-state index in [0.29, 0.717) is 37.1 Å². The highest BCUT2D eigenvalue weighted by Gasteiger charge is 2.28. The molecule has 0 radical (unpaired) electrons. The van der Waals surface area contributed by atoms with E-state index in [1.165, 1.54) is 19.5 Å². The topological polar surface area (TPSA) is 71.1 Å². The van der Waals surface area contributed by atoms with Crippen molar-refractivity contribution in [2.24, 2.45) is 0 Å². The quantitative estimate of drug-likeness (QED) is 0.766. The maximum Gasteiger partial charge on any atom is 0.255 e. The first kappa shape index (κ1) is 17.4. The van der Waals surface area contributed by atoms with Gasteiger partial charge in [0, 0.05) is 36.4 Å². The number of carbonyl (C=O) groups is 1. The Morgan fingerprint density at radius 2 is 2.00 bits per heavy atom. The van der Waals surface area contributed by atoms with Crippen LogP contribution in [0.4, 0.5) is 8.78 Å². The second-order valence-electron chi connectivity index (χ2n) is 6.54. The summed E-state index contributed by atoms with van der Waals surface area (Å²) in [5, 5.41) is 0.779. The molecule has 3 aromatic rings. The highest BCUT2D eigenvalue weighted by atomic mass is 19.1. The van der Waals surface area contributed by atoms with Crippen molar-refractivity contribution in [3.63, 3.8) is 0 Å². The van der Waals surface area contributed by atoms with Crippen molar-refractivity contribution < 1.29 is 18.3 Å². The molecule has 1 aliphatic heterocycles. The van der Waals surface area contributed by atoms with Gasteiger partial charge in [-0.3, -0.25) is 4.79 Å². The van der Waals surface area contributed by atoms with Gasteiger partial charge in [0.1, 0.15) is 11.5 Å². The molecule has 140 valence electrons. The van der Waals surface area contributed by atoms with Crippen LogP contribution in [0.2, 0.25) is 0 Å². The van der Waals surface area contributed by atoms with Crippen LogP contribution in [0.3, 0.4) is 0 Å². The molecule has 0 spiro atoms. The van der Waals surface area contributed by atoms with Gasteiger partial charge in [-0.2, -0.15) is 0 Å². The van der Waals surface area contributed by atoms with Crippen molar-refractivity contribution in [1.29, 1.82) is 0 Å². The largest absolute Gasteiger partial charge is 0.479 e. The van der Waals surface area contributed by atoms with Crippen LogP contribution in [0.5, 0.6) is 5.88 Å². The number of likely N-dealkylation sites (tertiary alicyclic amines) is 1. The molecule has 4 heterocycles. The number of aromatic nitrogens is 3. The molecule has 0 saturated carbocycles. The van der Waals surface area contributed by atoms with Gasteiger partial charge >= 0.3 is 0 Å². The van der Waals surface area contributed by atoms with Crippen LogP contribution < -0.4 is 4.74 Å². The summed E-state index contributed by atoms with van der Waals surface area (Å²) in [6.45, 7) is 0.926. The minimum atomic E-state index is -0.674. The van der Waals surface area contributed by atoms with E-state index in [2.05, 4.69) is 15.0 Å². The Morgan fingerprint density at radius 3 is 2.70 bits per heavy atom. The zero-order chi connectivity index (χ0) is 19.0. The van der Waals surface area contributed by atoms with Crippen molar-refractivity contribution in [2.75, 3.05) is 20.2 Å². The zero-order valence-corrected chi connectivity index (χ0v) is 14.7. The fourth-order valence-corrected chi connectivity index (χ4v) is 3.67. The second-order valence-corrected chi connectivity index (χ2v) is 6.54. The third-order valence-electron chi connectivity index (χ3n) is 5.02. The number of pyridine rings is 2. The number of aromatic amines is 1. The summed E-state index contributed by atoms with van der Waals surface area (Å²) in [6, 6.07) is 2.95. The predicted molar refractivity (Wildman–Crippen MR) is 94.7 cm³/mol. The molecule has 4 rings (SSSR count). The zero-order valence-electron chi connectivity index (χ0n) is 14.7. The van der Waals surface area contributed by atoms with Crippen LogP contribution in [0.15, 0.2) is 30.7 Å². The van der Waals surface area contributed by atoms with Gasteiger partial charge in [-0.1, -0.05) is 0 Å². The van der Waals surface area contributed by atoms with Gasteiger partial charge in [0.15, 0.2) is 5.82 Å². The lowest BCUT2D eigenvalue weighted by Gasteiger charge is -2.32. The molecule has 0 aliphatic carbocycles. The SMILES string of the molecule is COc1ncc(C(=O)N2CCC(c3c(F)cnc4[nH]ccc34)CC2)cc1F. The van der Waals surface area contributed by atoms with Crippen molar-refractivity contribution in [3.8, 4) is 5.88 Å². The van der Waals surface area contributed by atoms with Crippen LogP contribution in [0.1, 0.15) is 34.7 Å². The summed E-state index contributed by atoms with van der Waals surface area (Å²) >= 11 is 0. The van der Waals surface area contributed by atoms with E-state index in [1.54, 1.807) is 11.1 Å². The average Bonchev–Trinajstić information content (AvgIpc) is 3.16. The number of nitrogens with one attached hydrogen (secondary N) is 1. The molecule has 1 amide bonds. The molecule has 6 nitrogen and oxygen atoms in total. The smallest absolute Gasteiger partial charge is 0.255 e. The molecule has 27 heavy (non-hydrogen) atoms. The molecule has 1 fully saturated rings. The Labute approximate surface area is 154 Å². The molecule has 0 atom stereocenters. The molecular weight excluding hydrogens is 354 g/mol. The van der Waals surface area contributed by atoms with E-state index in [1.807, 2.05) is 6.07 Å². The number of H-pyrrole nitrogens is 1. The molecule has 0 unspecified atom stereocenters. The fourth-order valence-electron chi connectivity index (χ4n) is 3.67. The Balaban J connectivity index is 1.50. The Kier molecular flexibility index (Phi) is 4.47. The molecule has 1 saturated heterocycles. The Hall–Kier alpha value is -3.03. The van der Waals surface area contributed by atoms with Crippen LogP contribution in [-0.2, 0) is 0 Å². The average molecular weight is 372 g/mol. The third kappa shape index (κ3) is 3.11. The van der Waals surface area contributed by atoms with Crippen LogP contribution in [-0.4, -0.2) is 46.0 Å². The lowest BCUT2D eigenvalue weighted by Crippen LogP contribution is -2.38. The van der Waals surface area contributed by atoms with E-state index in [4.69, 9.17) is 4.74 Å². The first-order chi connectivity index (χ1) is 13.1. The number of halogens is 2. The number of carbonyl (C=O) groups excluding carboxylic acids is 1. The first-order valence-electron chi connectivity index (χ1n) is 8.68. The standard InChI is InChI=1S/C19H18F2N4O2/c1-27-18-14(20)8-12(9-24-18)19(26)25-6-3-11(4-7-25)16-13-2-5-22-17(13)23-10-15(16)21/h2,5,8-11H,3-4,6-7H2,1H3,(H,22,23).